The predicted octanol–water partition coefficient (Wildman–Crippen LogP) is 3.16. The Kier molecular flexibility index (Phi) is 3.43. The molecule has 1 aromatic carbocycles. The number of nitrogens with zero attached hydrogens (tertiary/aromatic N) is 3. The molecule has 0 saturated heterocycles. The van der Waals surface area contributed by atoms with Gasteiger partial charge in [-0.15, -0.1) is 0 Å². The standard InChI is InChI=1S/C8H8ClN3O/c1-13-8-3-6(5-11-12-10)2-7(9)4-8/h2-4H,5H2,1H3. The molecule has 0 spiro atoms. The maximum Gasteiger partial charge on any atom is 0.120 e. The largest absolute Gasteiger partial charge is 0.497 e. The number of rotatable bonds is 3. The molecule has 0 aromatic heterocycles. The highest BCUT2D eigenvalue weighted by atomic mass is 35.5. The number of azide groups is 1. The van der Waals surface area contributed by atoms with E-state index in [1.54, 1.807) is 25.3 Å². The Morgan fingerprint density at radius 3 is 2.92 bits per heavy atom. The predicted molar refractivity (Wildman–Crippen MR) is 50.9 cm³/mol. The first-order valence-corrected chi connectivity index (χ1v) is 3.98. The summed E-state index contributed by atoms with van der Waals surface area (Å²) >= 11 is 5.79. The van der Waals surface area contributed by atoms with Crippen molar-refractivity contribution >= 4 is 11.6 Å². The van der Waals surface area contributed by atoms with Crippen LogP contribution < -0.4 is 4.74 Å². The number of hydrogen-bond acceptors (Lipinski definition) is 2. The van der Waals surface area contributed by atoms with E-state index in [4.69, 9.17) is 21.9 Å². The molecule has 68 valence electrons. The zero-order valence-electron chi connectivity index (χ0n) is 7.07. The number of hydrogen-bond donors (Lipinski definition) is 0. The Labute approximate surface area is 80.7 Å². The lowest BCUT2D eigenvalue weighted by atomic mass is 10.2. The summed E-state index contributed by atoms with van der Waals surface area (Å²) in [4.78, 5) is 2.66. The van der Waals surface area contributed by atoms with E-state index in [9.17, 15) is 0 Å². The van der Waals surface area contributed by atoms with Crippen LogP contribution in [0.4, 0.5) is 0 Å². The van der Waals surface area contributed by atoms with Gasteiger partial charge in [0.2, 0.25) is 0 Å². The lowest BCUT2D eigenvalue weighted by Gasteiger charge is -2.02. The summed E-state index contributed by atoms with van der Waals surface area (Å²) in [6.45, 7) is 0.285. The zero-order chi connectivity index (χ0) is 9.68. The molecule has 13 heavy (non-hydrogen) atoms. The second kappa shape index (κ2) is 4.60. The molecule has 0 bridgehead atoms. The first-order valence-electron chi connectivity index (χ1n) is 3.60. The minimum absolute atomic E-state index is 0.285. The lowest BCUT2D eigenvalue weighted by molar-refractivity contribution is 0.414. The van der Waals surface area contributed by atoms with Crippen molar-refractivity contribution in [2.45, 2.75) is 6.54 Å². The van der Waals surface area contributed by atoms with Gasteiger partial charge in [-0.1, -0.05) is 16.7 Å². The van der Waals surface area contributed by atoms with Crippen LogP contribution in [0.25, 0.3) is 10.4 Å². The van der Waals surface area contributed by atoms with Crippen molar-refractivity contribution in [1.29, 1.82) is 0 Å². The fourth-order valence-electron chi connectivity index (χ4n) is 0.943. The van der Waals surface area contributed by atoms with Crippen molar-refractivity contribution < 1.29 is 4.74 Å². The Morgan fingerprint density at radius 1 is 1.54 bits per heavy atom. The second-order valence-electron chi connectivity index (χ2n) is 2.39. The molecule has 0 amide bonds. The molecule has 0 fully saturated rings. The van der Waals surface area contributed by atoms with Crippen molar-refractivity contribution in [2.75, 3.05) is 7.11 Å². The molecule has 0 atom stereocenters. The second-order valence-corrected chi connectivity index (χ2v) is 2.82. The highest BCUT2D eigenvalue weighted by Crippen LogP contribution is 2.21. The van der Waals surface area contributed by atoms with Crippen LogP contribution in [-0.2, 0) is 6.54 Å². The van der Waals surface area contributed by atoms with E-state index in [1.165, 1.54) is 0 Å². The normalized spacial score (nSPS) is 9.08. The van der Waals surface area contributed by atoms with E-state index in [-0.39, 0.29) is 6.54 Å². The summed E-state index contributed by atoms with van der Waals surface area (Å²) in [7, 11) is 1.56. The minimum atomic E-state index is 0.285. The molecular formula is C8H8ClN3O. The van der Waals surface area contributed by atoms with Gasteiger partial charge >= 0.3 is 0 Å². The third kappa shape index (κ3) is 2.86. The van der Waals surface area contributed by atoms with E-state index < -0.39 is 0 Å². The fourth-order valence-corrected chi connectivity index (χ4v) is 1.19. The van der Waals surface area contributed by atoms with Crippen molar-refractivity contribution in [3.05, 3.63) is 39.2 Å². The number of ether oxygens (including phenoxy) is 1. The van der Waals surface area contributed by atoms with Crippen molar-refractivity contribution in [3.8, 4) is 5.75 Å². The van der Waals surface area contributed by atoms with Crippen LogP contribution in [0.3, 0.4) is 0 Å². The number of benzene rings is 1. The summed E-state index contributed by atoms with van der Waals surface area (Å²) in [6.07, 6.45) is 0. The molecule has 0 aliphatic rings. The SMILES string of the molecule is COc1cc(Cl)cc(CN=[N+]=[N-])c1. The summed E-state index contributed by atoms with van der Waals surface area (Å²) in [5.74, 6) is 0.663. The van der Waals surface area contributed by atoms with Gasteiger partial charge < -0.3 is 4.74 Å². The monoisotopic (exact) mass is 197 g/mol. The molecule has 0 heterocycles. The van der Waals surface area contributed by atoms with Gasteiger partial charge in [-0.05, 0) is 29.3 Å². The summed E-state index contributed by atoms with van der Waals surface area (Å²) in [5.41, 5.74) is 8.95. The summed E-state index contributed by atoms with van der Waals surface area (Å²) in [5, 5.41) is 4.00. The van der Waals surface area contributed by atoms with Gasteiger partial charge in [0.15, 0.2) is 0 Å². The molecule has 0 saturated carbocycles. The maximum atomic E-state index is 8.12. The molecule has 0 N–H and O–H groups in total. The Hall–Kier alpha value is -1.38. The zero-order valence-corrected chi connectivity index (χ0v) is 7.82. The van der Waals surface area contributed by atoms with E-state index in [2.05, 4.69) is 10.0 Å². The average molecular weight is 198 g/mol. The van der Waals surface area contributed by atoms with Crippen LogP contribution in [0.2, 0.25) is 5.02 Å². The Bertz CT molecular complexity index is 347. The lowest BCUT2D eigenvalue weighted by Crippen LogP contribution is -1.86. The van der Waals surface area contributed by atoms with Crippen LogP contribution in [-0.4, -0.2) is 7.11 Å². The molecule has 1 aromatic rings. The maximum absolute atomic E-state index is 8.12. The highest BCUT2D eigenvalue weighted by molar-refractivity contribution is 6.30. The van der Waals surface area contributed by atoms with E-state index in [1.807, 2.05) is 0 Å². The van der Waals surface area contributed by atoms with Gasteiger partial charge in [0.1, 0.15) is 5.75 Å². The highest BCUT2D eigenvalue weighted by Gasteiger charge is 1.98. The average Bonchev–Trinajstić information content (AvgIpc) is 2.14. The van der Waals surface area contributed by atoms with Gasteiger partial charge in [0, 0.05) is 9.93 Å². The third-order valence-corrected chi connectivity index (χ3v) is 1.70. The van der Waals surface area contributed by atoms with Gasteiger partial charge in [-0.2, -0.15) is 0 Å². The van der Waals surface area contributed by atoms with E-state index in [0.717, 1.165) is 5.56 Å². The Balaban J connectivity index is 2.93. The number of methoxy groups -OCH3 is 1. The fraction of sp³-hybridized carbons (Fsp3) is 0.250. The van der Waals surface area contributed by atoms with Gasteiger partial charge in [0.25, 0.3) is 0 Å². The molecule has 0 unspecified atom stereocenters. The van der Waals surface area contributed by atoms with Crippen LogP contribution in [0, 0.1) is 0 Å². The first kappa shape index (κ1) is 9.71. The van der Waals surface area contributed by atoms with Gasteiger partial charge in [0.05, 0.1) is 13.7 Å². The van der Waals surface area contributed by atoms with Gasteiger partial charge in [-0.3, -0.25) is 0 Å². The molecule has 1 rings (SSSR count). The van der Waals surface area contributed by atoms with E-state index in [0.29, 0.717) is 10.8 Å². The quantitative estimate of drug-likeness (QED) is 0.417. The van der Waals surface area contributed by atoms with Crippen LogP contribution in [0.5, 0.6) is 5.75 Å². The summed E-state index contributed by atoms with van der Waals surface area (Å²) < 4.78 is 5.00. The van der Waals surface area contributed by atoms with E-state index >= 15 is 0 Å². The van der Waals surface area contributed by atoms with Crippen LogP contribution in [0.1, 0.15) is 5.56 Å². The molecule has 0 radical (unpaired) electrons. The summed E-state index contributed by atoms with van der Waals surface area (Å²) in [6, 6.07) is 5.21. The van der Waals surface area contributed by atoms with Gasteiger partial charge in [-0.25, -0.2) is 0 Å². The minimum Gasteiger partial charge on any atom is -0.497 e. The first-order chi connectivity index (χ1) is 6.26. The van der Waals surface area contributed by atoms with Crippen molar-refractivity contribution in [3.63, 3.8) is 0 Å². The smallest absolute Gasteiger partial charge is 0.120 e. The molecular weight excluding hydrogens is 190 g/mol. The number of halogens is 1. The van der Waals surface area contributed by atoms with Crippen molar-refractivity contribution in [2.24, 2.45) is 5.11 Å². The van der Waals surface area contributed by atoms with Crippen LogP contribution in [0.15, 0.2) is 23.3 Å². The third-order valence-electron chi connectivity index (χ3n) is 1.48. The topological polar surface area (TPSA) is 58.0 Å². The van der Waals surface area contributed by atoms with Crippen LogP contribution >= 0.6 is 11.6 Å². The molecule has 5 heteroatoms. The van der Waals surface area contributed by atoms with Crippen molar-refractivity contribution in [1.82, 2.24) is 0 Å². The molecule has 4 nitrogen and oxygen atoms in total. The Morgan fingerprint density at radius 2 is 2.31 bits per heavy atom. The molecule has 0 aliphatic heterocycles. The molecule has 0 aliphatic carbocycles.